The summed E-state index contributed by atoms with van der Waals surface area (Å²) in [6.07, 6.45) is 5.14. The van der Waals surface area contributed by atoms with Gasteiger partial charge in [0.05, 0.1) is 18.2 Å². The lowest BCUT2D eigenvalue weighted by atomic mass is 10.1. The molecule has 0 saturated heterocycles. The molecule has 0 amide bonds. The van der Waals surface area contributed by atoms with Crippen LogP contribution in [0.5, 0.6) is 0 Å². The summed E-state index contributed by atoms with van der Waals surface area (Å²) < 4.78 is 5.01. The third-order valence-electron chi connectivity index (χ3n) is 1.96. The summed E-state index contributed by atoms with van der Waals surface area (Å²) in [6, 6.07) is 2.11. The molecule has 0 radical (unpaired) electrons. The van der Waals surface area contributed by atoms with Crippen molar-refractivity contribution in [3.05, 3.63) is 24.5 Å². The summed E-state index contributed by atoms with van der Waals surface area (Å²) in [6.45, 7) is 1.80. The van der Waals surface area contributed by atoms with E-state index in [0.29, 0.717) is 23.8 Å². The van der Waals surface area contributed by atoms with E-state index >= 15 is 0 Å². The fraction of sp³-hybridized carbons (Fsp3) is 0.300. The molecule has 2 aromatic rings. The van der Waals surface area contributed by atoms with E-state index in [0.717, 1.165) is 0 Å². The maximum Gasteiger partial charge on any atom is 0.228 e. The molecule has 80 valence electrons. The van der Waals surface area contributed by atoms with Crippen LogP contribution in [0, 0.1) is 17.2 Å². The van der Waals surface area contributed by atoms with Gasteiger partial charge in [0.1, 0.15) is 5.69 Å². The number of nitrogens with zero attached hydrogens (tertiary/aromatic N) is 5. The van der Waals surface area contributed by atoms with E-state index in [2.05, 4.69) is 26.2 Å². The van der Waals surface area contributed by atoms with E-state index in [-0.39, 0.29) is 5.92 Å². The van der Waals surface area contributed by atoms with Gasteiger partial charge in [-0.3, -0.25) is 4.98 Å². The maximum atomic E-state index is 8.66. The lowest BCUT2D eigenvalue weighted by molar-refractivity contribution is 0.369. The molecule has 0 N–H and O–H groups in total. The first-order valence-corrected chi connectivity index (χ1v) is 4.78. The minimum Gasteiger partial charge on any atom is -0.339 e. The minimum atomic E-state index is -0.143. The summed E-state index contributed by atoms with van der Waals surface area (Å²) in [5.41, 5.74) is 0.558. The van der Waals surface area contributed by atoms with Gasteiger partial charge in [-0.25, -0.2) is 4.98 Å². The Morgan fingerprint density at radius 1 is 1.50 bits per heavy atom. The Balaban J connectivity index is 2.18. The summed E-state index contributed by atoms with van der Waals surface area (Å²) in [4.78, 5) is 12.1. The predicted molar refractivity (Wildman–Crippen MR) is 53.8 cm³/mol. The molecule has 0 aromatic carbocycles. The highest BCUT2D eigenvalue weighted by Gasteiger charge is 2.12. The molecule has 0 bridgehead atoms. The van der Waals surface area contributed by atoms with Crippen LogP contribution in [-0.2, 0) is 6.42 Å². The highest BCUT2D eigenvalue weighted by Crippen LogP contribution is 2.12. The van der Waals surface area contributed by atoms with Gasteiger partial charge < -0.3 is 4.52 Å². The fourth-order valence-electron chi connectivity index (χ4n) is 1.16. The highest BCUT2D eigenvalue weighted by molar-refractivity contribution is 5.45. The van der Waals surface area contributed by atoms with E-state index in [9.17, 15) is 0 Å². The number of aromatic nitrogens is 4. The molecule has 0 fully saturated rings. The Bertz CT molecular complexity index is 501. The lowest BCUT2D eigenvalue weighted by Gasteiger charge is -1.93. The predicted octanol–water partition coefficient (Wildman–Crippen LogP) is 1.23. The highest BCUT2D eigenvalue weighted by atomic mass is 16.5. The second kappa shape index (κ2) is 4.49. The van der Waals surface area contributed by atoms with Crippen LogP contribution in [0.4, 0.5) is 0 Å². The van der Waals surface area contributed by atoms with E-state index in [1.54, 1.807) is 25.5 Å². The lowest BCUT2D eigenvalue weighted by Crippen LogP contribution is -1.96. The Kier molecular flexibility index (Phi) is 2.87. The second-order valence-electron chi connectivity index (χ2n) is 3.34. The molecule has 0 aliphatic heterocycles. The zero-order valence-corrected chi connectivity index (χ0v) is 8.66. The van der Waals surface area contributed by atoms with Crippen LogP contribution in [0.3, 0.4) is 0 Å². The fourth-order valence-corrected chi connectivity index (χ4v) is 1.16. The average Bonchev–Trinajstić information content (AvgIpc) is 2.78. The zero-order chi connectivity index (χ0) is 11.4. The molecular formula is C10H9N5O. The monoisotopic (exact) mass is 215 g/mol. The van der Waals surface area contributed by atoms with Crippen LogP contribution >= 0.6 is 0 Å². The molecule has 0 spiro atoms. The molecule has 6 heteroatoms. The molecule has 0 aliphatic carbocycles. The summed E-state index contributed by atoms with van der Waals surface area (Å²) in [7, 11) is 0. The van der Waals surface area contributed by atoms with Gasteiger partial charge in [0.15, 0.2) is 0 Å². The third-order valence-corrected chi connectivity index (χ3v) is 1.96. The largest absolute Gasteiger partial charge is 0.339 e. The van der Waals surface area contributed by atoms with Crippen molar-refractivity contribution in [1.82, 2.24) is 20.1 Å². The Morgan fingerprint density at radius 2 is 2.38 bits per heavy atom. The second-order valence-corrected chi connectivity index (χ2v) is 3.34. The van der Waals surface area contributed by atoms with Gasteiger partial charge in [-0.05, 0) is 6.92 Å². The Morgan fingerprint density at radius 3 is 3.06 bits per heavy atom. The van der Waals surface area contributed by atoms with Gasteiger partial charge >= 0.3 is 0 Å². The van der Waals surface area contributed by atoms with Crippen molar-refractivity contribution in [1.29, 1.82) is 5.26 Å². The van der Waals surface area contributed by atoms with Crippen LogP contribution in [0.2, 0.25) is 0 Å². The third kappa shape index (κ3) is 2.20. The SMILES string of the molecule is CC(C#N)Cc1nc(-c2cnccn2)no1. The summed E-state index contributed by atoms with van der Waals surface area (Å²) >= 11 is 0. The first kappa shape index (κ1) is 10.2. The van der Waals surface area contributed by atoms with Gasteiger partial charge in [-0.15, -0.1) is 0 Å². The topological polar surface area (TPSA) is 88.5 Å². The van der Waals surface area contributed by atoms with E-state index in [4.69, 9.17) is 9.78 Å². The van der Waals surface area contributed by atoms with Crippen LogP contribution in [0.15, 0.2) is 23.1 Å². The zero-order valence-electron chi connectivity index (χ0n) is 8.66. The summed E-state index contributed by atoms with van der Waals surface area (Å²) in [5, 5.41) is 12.4. The van der Waals surface area contributed by atoms with Gasteiger partial charge in [-0.1, -0.05) is 5.16 Å². The van der Waals surface area contributed by atoms with Crippen molar-refractivity contribution >= 4 is 0 Å². The number of nitriles is 1. The van der Waals surface area contributed by atoms with Gasteiger partial charge in [0.25, 0.3) is 0 Å². The van der Waals surface area contributed by atoms with Crippen molar-refractivity contribution in [2.45, 2.75) is 13.3 Å². The van der Waals surface area contributed by atoms with E-state index in [1.165, 1.54) is 0 Å². The number of rotatable bonds is 3. The van der Waals surface area contributed by atoms with Crippen LogP contribution < -0.4 is 0 Å². The Hall–Kier alpha value is -2.29. The first-order chi connectivity index (χ1) is 7.79. The van der Waals surface area contributed by atoms with Crippen LogP contribution in [-0.4, -0.2) is 20.1 Å². The normalized spacial score (nSPS) is 12.0. The molecule has 2 heterocycles. The van der Waals surface area contributed by atoms with Crippen LogP contribution in [0.25, 0.3) is 11.5 Å². The Labute approximate surface area is 92.0 Å². The smallest absolute Gasteiger partial charge is 0.228 e. The molecule has 6 nitrogen and oxygen atoms in total. The number of hydrogen-bond acceptors (Lipinski definition) is 6. The van der Waals surface area contributed by atoms with Crippen molar-refractivity contribution < 1.29 is 4.52 Å². The van der Waals surface area contributed by atoms with E-state index in [1.807, 2.05) is 0 Å². The molecule has 2 rings (SSSR count). The van der Waals surface area contributed by atoms with Crippen LogP contribution in [0.1, 0.15) is 12.8 Å². The molecule has 1 atom stereocenters. The van der Waals surface area contributed by atoms with Crippen molar-refractivity contribution in [2.24, 2.45) is 5.92 Å². The first-order valence-electron chi connectivity index (χ1n) is 4.78. The molecule has 2 aromatic heterocycles. The minimum absolute atomic E-state index is 0.143. The molecule has 0 aliphatic rings. The summed E-state index contributed by atoms with van der Waals surface area (Å²) in [5.74, 6) is 0.693. The van der Waals surface area contributed by atoms with Crippen molar-refractivity contribution in [2.75, 3.05) is 0 Å². The van der Waals surface area contributed by atoms with Crippen molar-refractivity contribution in [3.8, 4) is 17.6 Å². The van der Waals surface area contributed by atoms with Crippen molar-refractivity contribution in [3.63, 3.8) is 0 Å². The molecule has 0 saturated carbocycles. The average molecular weight is 215 g/mol. The maximum absolute atomic E-state index is 8.66. The van der Waals surface area contributed by atoms with Gasteiger partial charge in [0, 0.05) is 18.8 Å². The number of hydrogen-bond donors (Lipinski definition) is 0. The molecule has 16 heavy (non-hydrogen) atoms. The van der Waals surface area contributed by atoms with Gasteiger partial charge in [0.2, 0.25) is 11.7 Å². The molecule has 1 unspecified atom stereocenters. The van der Waals surface area contributed by atoms with E-state index < -0.39 is 0 Å². The molecular weight excluding hydrogens is 206 g/mol. The standard InChI is InChI=1S/C10H9N5O/c1-7(5-11)4-9-14-10(15-16-9)8-6-12-2-3-13-8/h2-3,6-7H,4H2,1H3. The van der Waals surface area contributed by atoms with Gasteiger partial charge in [-0.2, -0.15) is 10.2 Å². The quantitative estimate of drug-likeness (QED) is 0.765.